The van der Waals surface area contributed by atoms with Gasteiger partial charge in [0.25, 0.3) is 5.91 Å². The van der Waals surface area contributed by atoms with Gasteiger partial charge in [0.05, 0.1) is 0 Å². The number of rotatable bonds is 3. The number of amides is 1. The van der Waals surface area contributed by atoms with E-state index in [2.05, 4.69) is 31.9 Å². The first kappa shape index (κ1) is 13.9. The zero-order valence-electron chi connectivity index (χ0n) is 10.7. The lowest BCUT2D eigenvalue weighted by Crippen LogP contribution is -2.48. The second-order valence-corrected chi connectivity index (χ2v) is 6.90. The Kier molecular flexibility index (Phi) is 4.30. The van der Waals surface area contributed by atoms with E-state index in [1.807, 2.05) is 4.90 Å². The predicted octanol–water partition coefficient (Wildman–Crippen LogP) is 2.21. The number of hydrogen-bond donors (Lipinski definition) is 0. The molecule has 1 aliphatic heterocycles. The number of nitrogens with zero attached hydrogens (tertiary/aromatic N) is 4. The van der Waals surface area contributed by atoms with E-state index >= 15 is 0 Å². The number of halogens is 1. The molecule has 0 aromatic carbocycles. The minimum absolute atomic E-state index is 0.0652. The van der Waals surface area contributed by atoms with Gasteiger partial charge in [0.1, 0.15) is 0 Å². The van der Waals surface area contributed by atoms with E-state index in [9.17, 15) is 4.79 Å². The van der Waals surface area contributed by atoms with Crippen molar-refractivity contribution in [1.29, 1.82) is 0 Å². The zero-order valence-corrected chi connectivity index (χ0v) is 13.0. The predicted molar refractivity (Wildman–Crippen MR) is 80.4 cm³/mol. The highest BCUT2D eigenvalue weighted by Crippen LogP contribution is 2.18. The molecule has 3 rings (SSSR count). The average molecular weight is 329 g/mol. The van der Waals surface area contributed by atoms with Crippen LogP contribution in [-0.2, 0) is 6.54 Å². The van der Waals surface area contributed by atoms with Gasteiger partial charge in [0.15, 0.2) is 0 Å². The van der Waals surface area contributed by atoms with Crippen molar-refractivity contribution in [3.05, 3.63) is 31.9 Å². The Morgan fingerprint density at radius 2 is 2.10 bits per heavy atom. The molecule has 1 saturated heterocycles. The van der Waals surface area contributed by atoms with Crippen LogP contribution < -0.4 is 0 Å². The summed E-state index contributed by atoms with van der Waals surface area (Å²) in [6.07, 6.45) is 0. The second kappa shape index (κ2) is 6.17. The quantitative estimate of drug-likeness (QED) is 0.867. The highest BCUT2D eigenvalue weighted by Gasteiger charge is 2.24. The summed E-state index contributed by atoms with van der Waals surface area (Å²) in [5.74, 6) is -0.0652. The van der Waals surface area contributed by atoms with Crippen molar-refractivity contribution in [3.63, 3.8) is 0 Å². The molecule has 0 unspecified atom stereocenters. The normalized spacial score (nSPS) is 16.6. The van der Waals surface area contributed by atoms with Crippen LogP contribution in [0.4, 0.5) is 0 Å². The minimum atomic E-state index is -0.0652. The molecule has 0 atom stereocenters. The smallest absolute Gasteiger partial charge is 0.284 e. The van der Waals surface area contributed by atoms with Gasteiger partial charge in [-0.05, 0) is 34.0 Å². The van der Waals surface area contributed by atoms with Crippen LogP contribution in [0.25, 0.3) is 0 Å². The van der Waals surface area contributed by atoms with Gasteiger partial charge in [0.2, 0.25) is 9.47 Å². The molecule has 0 aliphatic carbocycles. The molecule has 3 heterocycles. The molecule has 5 nitrogen and oxygen atoms in total. The third-order valence-electron chi connectivity index (χ3n) is 3.23. The molecule has 8 heteroatoms. The molecule has 0 bridgehead atoms. The van der Waals surface area contributed by atoms with Crippen molar-refractivity contribution in [2.45, 2.75) is 6.54 Å². The SMILES string of the molecule is O=C(c1nnc(Cl)s1)N1CCN(Cc2ccsc2)CC1. The third-order valence-corrected chi connectivity index (χ3v) is 4.97. The highest BCUT2D eigenvalue weighted by molar-refractivity contribution is 7.17. The number of aromatic nitrogens is 2. The molecular formula is C12H13ClN4OS2. The van der Waals surface area contributed by atoms with Crippen molar-refractivity contribution < 1.29 is 4.79 Å². The summed E-state index contributed by atoms with van der Waals surface area (Å²) in [4.78, 5) is 16.4. The molecule has 1 aliphatic rings. The first-order chi connectivity index (χ1) is 9.72. The van der Waals surface area contributed by atoms with Crippen LogP contribution in [0.15, 0.2) is 16.8 Å². The zero-order chi connectivity index (χ0) is 13.9. The summed E-state index contributed by atoms with van der Waals surface area (Å²) >= 11 is 8.56. The number of thiophene rings is 1. The van der Waals surface area contributed by atoms with Crippen molar-refractivity contribution in [3.8, 4) is 0 Å². The summed E-state index contributed by atoms with van der Waals surface area (Å²) in [5.41, 5.74) is 1.34. The summed E-state index contributed by atoms with van der Waals surface area (Å²) in [6.45, 7) is 4.17. The Hall–Kier alpha value is -1.02. The molecule has 0 radical (unpaired) electrons. The molecule has 0 spiro atoms. The minimum Gasteiger partial charge on any atom is -0.334 e. The molecule has 1 fully saturated rings. The van der Waals surface area contributed by atoms with Crippen molar-refractivity contribution in [2.24, 2.45) is 0 Å². The van der Waals surface area contributed by atoms with E-state index in [0.29, 0.717) is 9.47 Å². The fraction of sp³-hybridized carbons (Fsp3) is 0.417. The van der Waals surface area contributed by atoms with Gasteiger partial charge in [-0.15, -0.1) is 10.2 Å². The fourth-order valence-corrected chi connectivity index (χ4v) is 3.63. The van der Waals surface area contributed by atoms with E-state index in [0.717, 1.165) is 44.1 Å². The number of hydrogen-bond acceptors (Lipinski definition) is 6. The van der Waals surface area contributed by atoms with Crippen molar-refractivity contribution >= 4 is 40.2 Å². The Balaban J connectivity index is 1.54. The van der Waals surface area contributed by atoms with Crippen LogP contribution in [0.1, 0.15) is 15.4 Å². The molecule has 0 N–H and O–H groups in total. The summed E-state index contributed by atoms with van der Waals surface area (Å²) in [6, 6.07) is 2.14. The lowest BCUT2D eigenvalue weighted by atomic mass is 10.2. The third kappa shape index (κ3) is 3.17. The van der Waals surface area contributed by atoms with Gasteiger partial charge < -0.3 is 4.90 Å². The largest absolute Gasteiger partial charge is 0.334 e. The lowest BCUT2D eigenvalue weighted by Gasteiger charge is -2.34. The van der Waals surface area contributed by atoms with Gasteiger partial charge in [0, 0.05) is 32.7 Å². The fourth-order valence-electron chi connectivity index (χ4n) is 2.18. The summed E-state index contributed by atoms with van der Waals surface area (Å²) in [7, 11) is 0. The average Bonchev–Trinajstić information content (AvgIpc) is 3.10. The van der Waals surface area contributed by atoms with E-state index in [1.54, 1.807) is 11.3 Å². The van der Waals surface area contributed by atoms with Crippen LogP contribution >= 0.6 is 34.3 Å². The first-order valence-electron chi connectivity index (χ1n) is 6.24. The Morgan fingerprint density at radius 3 is 2.70 bits per heavy atom. The number of carbonyl (C=O) groups excluding carboxylic acids is 1. The Labute approximate surface area is 129 Å². The monoisotopic (exact) mass is 328 g/mol. The van der Waals surface area contributed by atoms with Crippen LogP contribution in [0.3, 0.4) is 0 Å². The van der Waals surface area contributed by atoms with Crippen LogP contribution in [0, 0.1) is 0 Å². The van der Waals surface area contributed by atoms with E-state index in [4.69, 9.17) is 11.6 Å². The Morgan fingerprint density at radius 1 is 1.30 bits per heavy atom. The van der Waals surface area contributed by atoms with Crippen molar-refractivity contribution in [2.75, 3.05) is 26.2 Å². The van der Waals surface area contributed by atoms with E-state index in [1.165, 1.54) is 5.56 Å². The maximum Gasteiger partial charge on any atom is 0.284 e. The molecule has 1 amide bonds. The molecule has 2 aromatic rings. The van der Waals surface area contributed by atoms with Crippen LogP contribution in [0.2, 0.25) is 4.47 Å². The van der Waals surface area contributed by atoms with Gasteiger partial charge in [-0.2, -0.15) is 11.3 Å². The standard InChI is InChI=1S/C12H13ClN4OS2/c13-12-15-14-10(20-12)11(18)17-4-2-16(3-5-17)7-9-1-6-19-8-9/h1,6,8H,2-5,7H2. The maximum atomic E-state index is 12.2. The van der Waals surface area contributed by atoms with Crippen molar-refractivity contribution in [1.82, 2.24) is 20.0 Å². The second-order valence-electron chi connectivity index (χ2n) is 4.56. The summed E-state index contributed by atoms with van der Waals surface area (Å²) < 4.78 is 0.310. The lowest BCUT2D eigenvalue weighted by molar-refractivity contribution is 0.0627. The van der Waals surface area contributed by atoms with Gasteiger partial charge >= 0.3 is 0 Å². The highest BCUT2D eigenvalue weighted by atomic mass is 35.5. The molecule has 0 saturated carbocycles. The first-order valence-corrected chi connectivity index (χ1v) is 8.38. The molecule has 106 valence electrons. The van der Waals surface area contributed by atoms with E-state index < -0.39 is 0 Å². The van der Waals surface area contributed by atoms with Gasteiger partial charge in [-0.3, -0.25) is 9.69 Å². The van der Waals surface area contributed by atoms with E-state index in [-0.39, 0.29) is 5.91 Å². The van der Waals surface area contributed by atoms with Gasteiger partial charge in [-0.1, -0.05) is 11.3 Å². The van der Waals surface area contributed by atoms with Gasteiger partial charge in [-0.25, -0.2) is 0 Å². The summed E-state index contributed by atoms with van der Waals surface area (Å²) in [5, 5.41) is 12.1. The molecular weight excluding hydrogens is 316 g/mol. The Bertz CT molecular complexity index is 578. The topological polar surface area (TPSA) is 49.3 Å². The van der Waals surface area contributed by atoms with Crippen LogP contribution in [-0.4, -0.2) is 52.1 Å². The molecule has 2 aromatic heterocycles. The number of piperazine rings is 1. The molecule has 20 heavy (non-hydrogen) atoms. The van der Waals surface area contributed by atoms with Crippen LogP contribution in [0.5, 0.6) is 0 Å². The maximum absolute atomic E-state index is 12.2. The number of carbonyl (C=O) groups is 1.